The summed E-state index contributed by atoms with van der Waals surface area (Å²) >= 11 is 0. The first-order valence-corrected chi connectivity index (χ1v) is 8.83. The molecule has 5 nitrogen and oxygen atoms in total. The summed E-state index contributed by atoms with van der Waals surface area (Å²) in [6.07, 6.45) is 2.24. The molecule has 21 heavy (non-hydrogen) atoms. The monoisotopic (exact) mass is 307 g/mol. The minimum atomic E-state index is -3.54. The van der Waals surface area contributed by atoms with Gasteiger partial charge in [-0.2, -0.15) is 8.42 Å². The van der Waals surface area contributed by atoms with Crippen LogP contribution in [0.15, 0.2) is 29.8 Å². The lowest BCUT2D eigenvalue weighted by atomic mass is 9.99. The molecule has 0 spiro atoms. The van der Waals surface area contributed by atoms with Crippen LogP contribution in [-0.4, -0.2) is 44.8 Å². The van der Waals surface area contributed by atoms with E-state index < -0.39 is 10.1 Å². The smallest absolute Gasteiger partial charge is 0.311 e. The number of hydrogen-bond acceptors (Lipinski definition) is 5. The summed E-state index contributed by atoms with van der Waals surface area (Å²) in [5.74, 6) is 1.20. The molecule has 0 bridgehead atoms. The summed E-state index contributed by atoms with van der Waals surface area (Å²) in [4.78, 5) is 2.24. The second kappa shape index (κ2) is 4.74. The van der Waals surface area contributed by atoms with Crippen LogP contribution < -0.4 is 4.74 Å². The molecule has 0 N–H and O–H groups in total. The Morgan fingerprint density at radius 3 is 2.71 bits per heavy atom. The van der Waals surface area contributed by atoms with Crippen molar-refractivity contribution in [1.29, 1.82) is 0 Å². The van der Waals surface area contributed by atoms with Crippen LogP contribution in [0, 0.1) is 0 Å². The van der Waals surface area contributed by atoms with Gasteiger partial charge in [0, 0.05) is 5.57 Å². The molecule has 1 aromatic carbocycles. The van der Waals surface area contributed by atoms with Crippen molar-refractivity contribution >= 4 is 15.9 Å². The van der Waals surface area contributed by atoms with E-state index in [1.54, 1.807) is 0 Å². The van der Waals surface area contributed by atoms with Crippen LogP contribution in [-0.2, 0) is 14.3 Å². The highest BCUT2D eigenvalue weighted by atomic mass is 32.2. The van der Waals surface area contributed by atoms with Crippen LogP contribution in [0.2, 0.25) is 0 Å². The SMILES string of the molecule is O=S1(=O)CC(N2CCCC2)C2=C(O1)c1ccccc1OC2. The van der Waals surface area contributed by atoms with Crippen LogP contribution in [0.5, 0.6) is 5.75 Å². The fourth-order valence-electron chi connectivity index (χ4n) is 3.35. The van der Waals surface area contributed by atoms with E-state index in [1.165, 1.54) is 0 Å². The Hall–Kier alpha value is -1.53. The van der Waals surface area contributed by atoms with Crippen molar-refractivity contribution < 1.29 is 17.3 Å². The van der Waals surface area contributed by atoms with E-state index in [-0.39, 0.29) is 11.8 Å². The third-order valence-electron chi connectivity index (χ3n) is 4.36. The van der Waals surface area contributed by atoms with Crippen molar-refractivity contribution in [3.63, 3.8) is 0 Å². The predicted octanol–water partition coefficient (Wildman–Crippen LogP) is 1.61. The summed E-state index contributed by atoms with van der Waals surface area (Å²) in [5, 5.41) is 0. The number of nitrogens with zero attached hydrogens (tertiary/aromatic N) is 1. The third kappa shape index (κ3) is 2.22. The van der Waals surface area contributed by atoms with Gasteiger partial charge >= 0.3 is 10.1 Å². The molecule has 0 saturated carbocycles. The van der Waals surface area contributed by atoms with Gasteiger partial charge in [-0.1, -0.05) is 12.1 Å². The lowest BCUT2D eigenvalue weighted by Gasteiger charge is -2.36. The maximum absolute atomic E-state index is 12.2. The molecule has 6 heteroatoms. The van der Waals surface area contributed by atoms with Crippen LogP contribution in [0.3, 0.4) is 0 Å². The number of likely N-dealkylation sites (tertiary alicyclic amines) is 1. The number of hydrogen-bond donors (Lipinski definition) is 0. The number of para-hydroxylation sites is 1. The Morgan fingerprint density at radius 1 is 1.14 bits per heavy atom. The van der Waals surface area contributed by atoms with E-state index in [4.69, 9.17) is 8.92 Å². The van der Waals surface area contributed by atoms with Gasteiger partial charge in [0.1, 0.15) is 18.1 Å². The highest BCUT2D eigenvalue weighted by Crippen LogP contribution is 2.40. The molecule has 0 radical (unpaired) electrons. The van der Waals surface area contributed by atoms with Crippen LogP contribution in [0.1, 0.15) is 18.4 Å². The number of fused-ring (bicyclic) bond motifs is 2. The second-order valence-corrected chi connectivity index (χ2v) is 7.32. The Bertz CT molecular complexity index is 704. The second-order valence-electron chi connectivity index (χ2n) is 5.71. The topological polar surface area (TPSA) is 55.8 Å². The van der Waals surface area contributed by atoms with Crippen molar-refractivity contribution in [3.05, 3.63) is 35.4 Å². The fraction of sp³-hybridized carbons (Fsp3) is 0.467. The van der Waals surface area contributed by atoms with Crippen LogP contribution in [0.4, 0.5) is 0 Å². The maximum Gasteiger partial charge on any atom is 0.311 e. The van der Waals surface area contributed by atoms with Crippen molar-refractivity contribution in [2.24, 2.45) is 0 Å². The standard InChI is InChI=1S/C15H17NO4S/c17-21(18)10-13(16-7-3-4-8-16)12-9-19-14-6-2-1-5-11(14)15(12)20-21/h1-2,5-6,13H,3-4,7-10H2. The molecule has 3 aliphatic heterocycles. The van der Waals surface area contributed by atoms with E-state index in [0.717, 1.165) is 37.1 Å². The molecule has 3 heterocycles. The van der Waals surface area contributed by atoms with Crippen molar-refractivity contribution in [3.8, 4) is 5.75 Å². The molecule has 112 valence electrons. The van der Waals surface area contributed by atoms with Gasteiger partial charge in [-0.25, -0.2) is 0 Å². The van der Waals surface area contributed by atoms with Crippen LogP contribution >= 0.6 is 0 Å². The van der Waals surface area contributed by atoms with Crippen molar-refractivity contribution in [2.75, 3.05) is 25.4 Å². The average Bonchev–Trinajstić information content (AvgIpc) is 2.99. The minimum Gasteiger partial charge on any atom is -0.488 e. The van der Waals surface area contributed by atoms with E-state index in [2.05, 4.69) is 4.90 Å². The summed E-state index contributed by atoms with van der Waals surface area (Å²) in [7, 11) is -3.54. The van der Waals surface area contributed by atoms with Gasteiger partial charge in [0.2, 0.25) is 0 Å². The molecule has 1 saturated heterocycles. The first kappa shape index (κ1) is 13.2. The zero-order valence-corrected chi connectivity index (χ0v) is 12.4. The molecule has 0 aromatic heterocycles. The van der Waals surface area contributed by atoms with Crippen LogP contribution in [0.25, 0.3) is 5.76 Å². The van der Waals surface area contributed by atoms with Gasteiger partial charge < -0.3 is 8.92 Å². The molecule has 0 amide bonds. The summed E-state index contributed by atoms with van der Waals surface area (Å²) in [6, 6.07) is 7.32. The number of ether oxygens (including phenoxy) is 1. The van der Waals surface area contributed by atoms with Gasteiger partial charge in [0.05, 0.1) is 11.6 Å². The molecule has 1 atom stereocenters. The van der Waals surface area contributed by atoms with Crippen molar-refractivity contribution in [2.45, 2.75) is 18.9 Å². The van der Waals surface area contributed by atoms with E-state index >= 15 is 0 Å². The number of rotatable bonds is 1. The minimum absolute atomic E-state index is 0.0252. The summed E-state index contributed by atoms with van der Waals surface area (Å²) in [5.41, 5.74) is 1.71. The molecule has 0 aliphatic carbocycles. The molecule has 4 rings (SSSR count). The largest absolute Gasteiger partial charge is 0.488 e. The summed E-state index contributed by atoms with van der Waals surface area (Å²) in [6.45, 7) is 2.29. The Balaban J connectivity index is 1.83. The van der Waals surface area contributed by atoms with Crippen molar-refractivity contribution in [1.82, 2.24) is 4.90 Å². The normalized spacial score (nSPS) is 27.5. The summed E-state index contributed by atoms with van der Waals surface area (Å²) < 4.78 is 35.4. The average molecular weight is 307 g/mol. The lowest BCUT2D eigenvalue weighted by molar-refractivity contribution is 0.241. The highest BCUT2D eigenvalue weighted by Gasteiger charge is 2.40. The van der Waals surface area contributed by atoms with Gasteiger partial charge in [-0.15, -0.1) is 0 Å². The van der Waals surface area contributed by atoms with E-state index in [0.29, 0.717) is 18.1 Å². The van der Waals surface area contributed by atoms with Gasteiger partial charge in [-0.3, -0.25) is 4.90 Å². The Morgan fingerprint density at radius 2 is 1.90 bits per heavy atom. The van der Waals surface area contributed by atoms with Gasteiger partial charge in [0.25, 0.3) is 0 Å². The quantitative estimate of drug-likeness (QED) is 0.738. The Labute approximate surface area is 124 Å². The molecule has 1 unspecified atom stereocenters. The molecular formula is C15H17NO4S. The van der Waals surface area contributed by atoms with E-state index in [1.807, 2.05) is 24.3 Å². The predicted molar refractivity (Wildman–Crippen MR) is 78.3 cm³/mol. The number of benzene rings is 1. The molecule has 1 fully saturated rings. The lowest BCUT2D eigenvalue weighted by Crippen LogP contribution is -2.45. The van der Waals surface area contributed by atoms with Gasteiger partial charge in [-0.05, 0) is 38.1 Å². The molecule has 3 aliphatic rings. The Kier molecular flexibility index (Phi) is 2.97. The molecule has 1 aromatic rings. The first-order valence-electron chi connectivity index (χ1n) is 7.25. The first-order chi connectivity index (χ1) is 10.1. The zero-order chi connectivity index (χ0) is 14.4. The zero-order valence-electron chi connectivity index (χ0n) is 11.6. The van der Waals surface area contributed by atoms with E-state index in [9.17, 15) is 8.42 Å². The third-order valence-corrected chi connectivity index (χ3v) is 5.51. The molecular weight excluding hydrogens is 290 g/mol. The fourth-order valence-corrected chi connectivity index (χ4v) is 4.67. The highest BCUT2D eigenvalue weighted by molar-refractivity contribution is 7.87. The van der Waals surface area contributed by atoms with Gasteiger partial charge in [0.15, 0.2) is 5.76 Å². The maximum atomic E-state index is 12.2.